The molecule has 2 aromatic carbocycles. The number of ether oxygens (including phenoxy) is 1. The van der Waals surface area contributed by atoms with E-state index in [-0.39, 0.29) is 18.1 Å². The highest BCUT2D eigenvalue weighted by molar-refractivity contribution is 5.96. The van der Waals surface area contributed by atoms with Gasteiger partial charge in [-0.1, -0.05) is 25.1 Å². The van der Waals surface area contributed by atoms with Crippen molar-refractivity contribution in [1.82, 2.24) is 9.55 Å². The molecule has 0 radical (unpaired) electrons. The van der Waals surface area contributed by atoms with E-state index < -0.39 is 12.0 Å². The molecule has 1 amide bonds. The smallest absolute Gasteiger partial charge is 0.338 e. The van der Waals surface area contributed by atoms with Gasteiger partial charge in [0, 0.05) is 5.69 Å². The number of hydrogen-bond acceptors (Lipinski definition) is 5. The predicted molar refractivity (Wildman–Crippen MR) is 106 cm³/mol. The van der Waals surface area contributed by atoms with Gasteiger partial charge in [0.2, 0.25) is 5.91 Å². The molecule has 0 saturated heterocycles. The van der Waals surface area contributed by atoms with Crippen molar-refractivity contribution >= 4 is 28.5 Å². The van der Waals surface area contributed by atoms with Crippen LogP contribution in [0.1, 0.15) is 36.7 Å². The summed E-state index contributed by atoms with van der Waals surface area (Å²) in [4.78, 5) is 41.8. The molecule has 1 N–H and O–H groups in total. The molecular formula is C21H21N3O4. The van der Waals surface area contributed by atoms with Crippen LogP contribution in [-0.4, -0.2) is 28.0 Å². The van der Waals surface area contributed by atoms with Gasteiger partial charge in [0.1, 0.15) is 6.04 Å². The molecule has 1 atom stereocenters. The zero-order valence-corrected chi connectivity index (χ0v) is 15.7. The van der Waals surface area contributed by atoms with Crippen molar-refractivity contribution in [2.24, 2.45) is 0 Å². The molecule has 28 heavy (non-hydrogen) atoms. The summed E-state index contributed by atoms with van der Waals surface area (Å²) in [5, 5.41) is 3.23. The zero-order valence-electron chi connectivity index (χ0n) is 15.7. The molecule has 7 heteroatoms. The van der Waals surface area contributed by atoms with E-state index >= 15 is 0 Å². The Morgan fingerprint density at radius 2 is 1.93 bits per heavy atom. The Labute approximate surface area is 162 Å². The molecule has 0 fully saturated rings. The van der Waals surface area contributed by atoms with E-state index in [1.54, 1.807) is 55.5 Å². The van der Waals surface area contributed by atoms with Gasteiger partial charge in [0.15, 0.2) is 0 Å². The predicted octanol–water partition coefficient (Wildman–Crippen LogP) is 3.16. The van der Waals surface area contributed by atoms with E-state index in [1.165, 1.54) is 10.9 Å². The quantitative estimate of drug-likeness (QED) is 0.665. The number of rotatable bonds is 6. The Bertz CT molecular complexity index is 1070. The molecule has 7 nitrogen and oxygen atoms in total. The average molecular weight is 379 g/mol. The number of hydrogen-bond donors (Lipinski definition) is 1. The van der Waals surface area contributed by atoms with Crippen LogP contribution in [0.2, 0.25) is 0 Å². The van der Waals surface area contributed by atoms with Crippen LogP contribution in [0.4, 0.5) is 5.69 Å². The number of para-hydroxylation sites is 1. The second kappa shape index (κ2) is 8.47. The molecule has 0 aliphatic rings. The molecule has 0 aliphatic carbocycles. The number of nitrogens with zero attached hydrogens (tertiary/aromatic N) is 2. The summed E-state index contributed by atoms with van der Waals surface area (Å²) in [5.41, 5.74) is 1.11. The van der Waals surface area contributed by atoms with E-state index in [0.29, 0.717) is 28.6 Å². The number of esters is 1. The molecule has 1 heterocycles. The van der Waals surface area contributed by atoms with Crippen molar-refractivity contribution in [2.45, 2.75) is 26.3 Å². The van der Waals surface area contributed by atoms with Gasteiger partial charge in [-0.15, -0.1) is 0 Å². The number of amides is 1. The van der Waals surface area contributed by atoms with Crippen LogP contribution in [0.5, 0.6) is 0 Å². The molecule has 3 aromatic rings. The SMILES string of the molecule is CCOC(=O)c1cccc(NC(=O)[C@H](CC)n2cnc3ccccc3c2=O)c1. The summed E-state index contributed by atoms with van der Waals surface area (Å²) in [6.45, 7) is 3.82. The summed E-state index contributed by atoms with van der Waals surface area (Å²) >= 11 is 0. The van der Waals surface area contributed by atoms with Crippen LogP contribution >= 0.6 is 0 Å². The number of benzene rings is 2. The largest absolute Gasteiger partial charge is 0.462 e. The maximum Gasteiger partial charge on any atom is 0.338 e. The normalized spacial score (nSPS) is 11.8. The molecule has 0 spiro atoms. The summed E-state index contributed by atoms with van der Waals surface area (Å²) in [6.07, 6.45) is 1.80. The standard InChI is InChI=1S/C21H21N3O4/c1-3-18(24-13-22-17-11-6-5-10-16(17)20(24)26)19(25)23-15-9-7-8-14(12-15)21(27)28-4-2/h5-13,18H,3-4H2,1-2H3,(H,23,25)/t18-/m0/s1. The van der Waals surface area contributed by atoms with Gasteiger partial charge in [-0.2, -0.15) is 0 Å². The lowest BCUT2D eigenvalue weighted by Gasteiger charge is -2.18. The molecule has 1 aromatic heterocycles. The maximum atomic E-state index is 12.8. The number of aromatic nitrogens is 2. The highest BCUT2D eigenvalue weighted by Gasteiger charge is 2.21. The van der Waals surface area contributed by atoms with Crippen LogP contribution in [0.15, 0.2) is 59.7 Å². The van der Waals surface area contributed by atoms with Crippen LogP contribution in [0.3, 0.4) is 0 Å². The first-order valence-electron chi connectivity index (χ1n) is 9.09. The third kappa shape index (κ3) is 3.93. The lowest BCUT2D eigenvalue weighted by atomic mass is 10.1. The first kappa shape index (κ1) is 19.3. The maximum absolute atomic E-state index is 12.8. The minimum Gasteiger partial charge on any atom is -0.462 e. The number of carbonyl (C=O) groups is 2. The summed E-state index contributed by atoms with van der Waals surface area (Å²) in [6, 6.07) is 12.8. The van der Waals surface area contributed by atoms with Gasteiger partial charge in [-0.05, 0) is 43.7 Å². The second-order valence-corrected chi connectivity index (χ2v) is 6.19. The fraction of sp³-hybridized carbons (Fsp3) is 0.238. The monoisotopic (exact) mass is 379 g/mol. The lowest BCUT2D eigenvalue weighted by molar-refractivity contribution is -0.119. The first-order chi connectivity index (χ1) is 13.5. The summed E-state index contributed by atoms with van der Waals surface area (Å²) in [7, 11) is 0. The van der Waals surface area contributed by atoms with E-state index in [0.717, 1.165) is 0 Å². The third-order valence-electron chi connectivity index (χ3n) is 4.36. The minimum absolute atomic E-state index is 0.269. The molecule has 0 aliphatic heterocycles. The van der Waals surface area contributed by atoms with Crippen molar-refractivity contribution in [3.05, 3.63) is 70.8 Å². The molecule has 0 bridgehead atoms. The fourth-order valence-corrected chi connectivity index (χ4v) is 2.98. The van der Waals surface area contributed by atoms with Crippen molar-refractivity contribution in [2.75, 3.05) is 11.9 Å². The van der Waals surface area contributed by atoms with Crippen molar-refractivity contribution < 1.29 is 14.3 Å². The van der Waals surface area contributed by atoms with Crippen LogP contribution in [-0.2, 0) is 9.53 Å². The minimum atomic E-state index is -0.726. The molecule has 0 unspecified atom stereocenters. The Morgan fingerprint density at radius 1 is 1.14 bits per heavy atom. The number of fused-ring (bicyclic) bond motifs is 1. The van der Waals surface area contributed by atoms with E-state index in [4.69, 9.17) is 4.74 Å². The van der Waals surface area contributed by atoms with Crippen molar-refractivity contribution in [3.8, 4) is 0 Å². The zero-order chi connectivity index (χ0) is 20.1. The molecule has 3 rings (SSSR count). The summed E-state index contributed by atoms with van der Waals surface area (Å²) < 4.78 is 6.32. The fourth-order valence-electron chi connectivity index (χ4n) is 2.98. The number of carbonyl (C=O) groups excluding carboxylic acids is 2. The van der Waals surface area contributed by atoms with Crippen molar-refractivity contribution in [3.63, 3.8) is 0 Å². The third-order valence-corrected chi connectivity index (χ3v) is 4.36. The Kier molecular flexibility index (Phi) is 5.84. The number of nitrogens with one attached hydrogen (secondary N) is 1. The highest BCUT2D eigenvalue weighted by Crippen LogP contribution is 2.17. The summed E-state index contributed by atoms with van der Waals surface area (Å²) in [5.74, 6) is -0.816. The Morgan fingerprint density at radius 3 is 2.68 bits per heavy atom. The molecule has 0 saturated carbocycles. The lowest BCUT2D eigenvalue weighted by Crippen LogP contribution is -2.33. The highest BCUT2D eigenvalue weighted by atomic mass is 16.5. The van der Waals surface area contributed by atoms with Gasteiger partial charge < -0.3 is 10.1 Å². The molecule has 144 valence electrons. The Hall–Kier alpha value is -3.48. The van der Waals surface area contributed by atoms with Gasteiger partial charge >= 0.3 is 5.97 Å². The van der Waals surface area contributed by atoms with Gasteiger partial charge in [-0.25, -0.2) is 9.78 Å². The molecular weight excluding hydrogens is 358 g/mol. The topological polar surface area (TPSA) is 90.3 Å². The van der Waals surface area contributed by atoms with Crippen LogP contribution < -0.4 is 10.9 Å². The van der Waals surface area contributed by atoms with Gasteiger partial charge in [0.05, 0.1) is 29.4 Å². The Balaban J connectivity index is 1.87. The van der Waals surface area contributed by atoms with Crippen molar-refractivity contribution in [1.29, 1.82) is 0 Å². The first-order valence-corrected chi connectivity index (χ1v) is 9.09. The van der Waals surface area contributed by atoms with E-state index in [9.17, 15) is 14.4 Å². The van der Waals surface area contributed by atoms with Gasteiger partial charge in [0.25, 0.3) is 5.56 Å². The number of anilines is 1. The second-order valence-electron chi connectivity index (χ2n) is 6.19. The van der Waals surface area contributed by atoms with Crippen LogP contribution in [0, 0.1) is 0 Å². The van der Waals surface area contributed by atoms with E-state index in [2.05, 4.69) is 10.3 Å². The van der Waals surface area contributed by atoms with Crippen LogP contribution in [0.25, 0.3) is 10.9 Å². The van der Waals surface area contributed by atoms with E-state index in [1.807, 2.05) is 6.92 Å². The van der Waals surface area contributed by atoms with Gasteiger partial charge in [-0.3, -0.25) is 14.2 Å². The average Bonchev–Trinajstić information content (AvgIpc) is 2.71.